The number of piperidine rings is 1. The van der Waals surface area contributed by atoms with Crippen LogP contribution in [-0.4, -0.2) is 44.1 Å². The Kier molecular flexibility index (Phi) is 6.13. The minimum Gasteiger partial charge on any atom is -0.372 e. The summed E-state index contributed by atoms with van der Waals surface area (Å²) in [6.45, 7) is 5.34. The standard InChI is InChI=1S/C26H28F3N5O2/c1-17-13-32(16-30-17)22-6-7-23-25(36)33(18(2)14-34(23)24(22)35)15-19-10-20(26(27,28)29)12-21(11-19)31-8-4-3-5-9-31/h6-7,10-13,16,18H,3-5,8-9,14-15H2,1-2H3/t18-/m1/s1. The molecule has 10 heteroatoms. The van der Waals surface area contributed by atoms with Gasteiger partial charge in [0.15, 0.2) is 0 Å². The number of alkyl halides is 3. The smallest absolute Gasteiger partial charge is 0.372 e. The van der Waals surface area contributed by atoms with Crippen molar-refractivity contribution in [2.45, 2.75) is 58.4 Å². The second-order valence-corrected chi connectivity index (χ2v) is 9.66. The molecule has 0 saturated carbocycles. The van der Waals surface area contributed by atoms with Crippen LogP contribution in [0.4, 0.5) is 18.9 Å². The summed E-state index contributed by atoms with van der Waals surface area (Å²) in [6, 6.07) is 6.88. The summed E-state index contributed by atoms with van der Waals surface area (Å²) in [4.78, 5) is 34.3. The first-order valence-electron chi connectivity index (χ1n) is 12.1. The van der Waals surface area contributed by atoms with Gasteiger partial charge in [0.2, 0.25) is 0 Å². The van der Waals surface area contributed by atoms with Crippen molar-refractivity contribution < 1.29 is 18.0 Å². The van der Waals surface area contributed by atoms with Gasteiger partial charge in [-0.3, -0.25) is 9.59 Å². The van der Waals surface area contributed by atoms with Crippen LogP contribution in [0.3, 0.4) is 0 Å². The molecule has 190 valence electrons. The molecule has 0 bridgehead atoms. The highest BCUT2D eigenvalue weighted by molar-refractivity contribution is 5.93. The molecule has 0 N–H and O–H groups in total. The van der Waals surface area contributed by atoms with Crippen LogP contribution >= 0.6 is 0 Å². The molecule has 1 atom stereocenters. The largest absolute Gasteiger partial charge is 0.416 e. The second kappa shape index (κ2) is 9.15. The molecular formula is C26H28F3N5O2. The number of amides is 1. The zero-order valence-electron chi connectivity index (χ0n) is 20.3. The average Bonchev–Trinajstić information content (AvgIpc) is 3.28. The van der Waals surface area contributed by atoms with Crippen LogP contribution in [0.5, 0.6) is 0 Å². The van der Waals surface area contributed by atoms with E-state index in [0.717, 1.165) is 44.1 Å². The molecule has 0 radical (unpaired) electrons. The Bertz CT molecular complexity index is 1350. The van der Waals surface area contributed by atoms with E-state index in [2.05, 4.69) is 4.98 Å². The molecule has 5 rings (SSSR count). The molecular weight excluding hydrogens is 471 g/mol. The highest BCUT2D eigenvalue weighted by Gasteiger charge is 2.34. The van der Waals surface area contributed by atoms with E-state index < -0.39 is 11.7 Å². The van der Waals surface area contributed by atoms with Gasteiger partial charge in [0, 0.05) is 44.1 Å². The number of benzene rings is 1. The third kappa shape index (κ3) is 4.52. The van der Waals surface area contributed by atoms with Gasteiger partial charge in [-0.05, 0) is 69.0 Å². The SMILES string of the molecule is Cc1cn(-c2ccc3n(c2=O)C[C@@H](C)N(Cc2cc(N4CCCCC4)cc(C(F)(F)F)c2)C3=O)cn1. The van der Waals surface area contributed by atoms with E-state index in [9.17, 15) is 22.8 Å². The number of aryl methyl sites for hydroxylation is 1. The van der Waals surface area contributed by atoms with Crippen LogP contribution in [-0.2, 0) is 19.3 Å². The number of hydrogen-bond acceptors (Lipinski definition) is 4. The molecule has 0 aliphatic carbocycles. The van der Waals surface area contributed by atoms with Gasteiger partial charge in [0.05, 0.1) is 17.6 Å². The van der Waals surface area contributed by atoms with Crippen molar-refractivity contribution in [3.05, 3.63) is 75.7 Å². The van der Waals surface area contributed by atoms with E-state index >= 15 is 0 Å². The van der Waals surface area contributed by atoms with Gasteiger partial charge in [-0.2, -0.15) is 13.2 Å². The van der Waals surface area contributed by atoms with Crippen molar-refractivity contribution >= 4 is 11.6 Å². The summed E-state index contributed by atoms with van der Waals surface area (Å²) in [5.74, 6) is -0.379. The average molecular weight is 500 g/mol. The van der Waals surface area contributed by atoms with Gasteiger partial charge in [0.25, 0.3) is 11.5 Å². The highest BCUT2D eigenvalue weighted by Crippen LogP contribution is 2.34. The predicted octanol–water partition coefficient (Wildman–Crippen LogP) is 4.40. The fourth-order valence-electron chi connectivity index (χ4n) is 5.08. The quantitative estimate of drug-likeness (QED) is 0.534. The molecule has 7 nitrogen and oxygen atoms in total. The predicted molar refractivity (Wildman–Crippen MR) is 129 cm³/mol. The molecule has 2 aromatic heterocycles. The van der Waals surface area contributed by atoms with E-state index in [1.165, 1.54) is 10.6 Å². The number of rotatable bonds is 4. The van der Waals surface area contributed by atoms with Crippen LogP contribution in [0.1, 0.15) is 53.5 Å². The van der Waals surface area contributed by atoms with Crippen molar-refractivity contribution in [2.75, 3.05) is 18.0 Å². The van der Waals surface area contributed by atoms with Crippen molar-refractivity contribution in [2.24, 2.45) is 0 Å². The number of hydrogen-bond donors (Lipinski definition) is 0. The number of carbonyl (C=O) groups is 1. The van der Waals surface area contributed by atoms with Crippen LogP contribution in [0.15, 0.2) is 47.7 Å². The van der Waals surface area contributed by atoms with Crippen LogP contribution < -0.4 is 10.5 Å². The summed E-state index contributed by atoms with van der Waals surface area (Å²) >= 11 is 0. The highest BCUT2D eigenvalue weighted by atomic mass is 19.4. The molecule has 4 heterocycles. The van der Waals surface area contributed by atoms with E-state index in [4.69, 9.17) is 0 Å². The normalized spacial score (nSPS) is 18.5. The summed E-state index contributed by atoms with van der Waals surface area (Å²) < 4.78 is 44.2. The molecule has 2 aliphatic rings. The van der Waals surface area contributed by atoms with Crippen molar-refractivity contribution in [3.63, 3.8) is 0 Å². The van der Waals surface area contributed by atoms with Crippen molar-refractivity contribution in [3.8, 4) is 5.69 Å². The molecule has 0 unspecified atom stereocenters. The maximum atomic E-state index is 13.7. The van der Waals surface area contributed by atoms with E-state index in [-0.39, 0.29) is 36.3 Å². The Morgan fingerprint density at radius 1 is 1.06 bits per heavy atom. The number of pyridine rings is 1. The minimum atomic E-state index is -4.49. The first-order valence-corrected chi connectivity index (χ1v) is 12.1. The topological polar surface area (TPSA) is 63.4 Å². The number of carbonyl (C=O) groups excluding carboxylic acids is 1. The monoisotopic (exact) mass is 499 g/mol. The maximum Gasteiger partial charge on any atom is 0.416 e. The third-order valence-corrected chi connectivity index (χ3v) is 6.98. The summed E-state index contributed by atoms with van der Waals surface area (Å²) in [6.07, 6.45) is 1.76. The van der Waals surface area contributed by atoms with Crippen LogP contribution in [0.2, 0.25) is 0 Å². The Morgan fingerprint density at radius 3 is 2.47 bits per heavy atom. The molecule has 1 fully saturated rings. The summed E-state index contributed by atoms with van der Waals surface area (Å²) in [7, 11) is 0. The van der Waals surface area contributed by atoms with E-state index in [1.54, 1.807) is 47.1 Å². The number of halogens is 3. The Labute approximate surface area is 206 Å². The Morgan fingerprint density at radius 2 is 1.81 bits per heavy atom. The summed E-state index contributed by atoms with van der Waals surface area (Å²) in [5.41, 5.74) is 1.31. The molecule has 1 amide bonds. The minimum absolute atomic E-state index is 0.0292. The van der Waals surface area contributed by atoms with Gasteiger partial charge in [-0.15, -0.1) is 0 Å². The lowest BCUT2D eigenvalue weighted by Gasteiger charge is -2.36. The fourth-order valence-corrected chi connectivity index (χ4v) is 5.08. The number of anilines is 1. The first-order chi connectivity index (χ1) is 17.1. The lowest BCUT2D eigenvalue weighted by atomic mass is 10.0. The molecule has 2 aliphatic heterocycles. The Hall–Kier alpha value is -3.56. The van der Waals surface area contributed by atoms with Crippen LogP contribution in [0, 0.1) is 6.92 Å². The molecule has 0 spiro atoms. The first kappa shape index (κ1) is 24.1. The summed E-state index contributed by atoms with van der Waals surface area (Å²) in [5, 5.41) is 0. The molecule has 1 aromatic carbocycles. The van der Waals surface area contributed by atoms with Gasteiger partial charge in [-0.1, -0.05) is 0 Å². The van der Waals surface area contributed by atoms with Crippen molar-refractivity contribution in [1.29, 1.82) is 0 Å². The van der Waals surface area contributed by atoms with Crippen LogP contribution in [0.25, 0.3) is 5.69 Å². The number of imidazole rings is 1. The van der Waals surface area contributed by atoms with Gasteiger partial charge in [-0.25, -0.2) is 4.98 Å². The number of aromatic nitrogens is 3. The lowest BCUT2D eigenvalue weighted by Crippen LogP contribution is -2.49. The third-order valence-electron chi connectivity index (χ3n) is 6.98. The second-order valence-electron chi connectivity index (χ2n) is 9.66. The van der Waals surface area contributed by atoms with Gasteiger partial charge >= 0.3 is 6.18 Å². The number of fused-ring (bicyclic) bond motifs is 1. The molecule has 1 saturated heterocycles. The number of nitrogens with zero attached hydrogens (tertiary/aromatic N) is 5. The lowest BCUT2D eigenvalue weighted by molar-refractivity contribution is -0.137. The molecule has 36 heavy (non-hydrogen) atoms. The zero-order valence-corrected chi connectivity index (χ0v) is 20.3. The zero-order chi connectivity index (χ0) is 25.6. The fraction of sp³-hybridized carbons (Fsp3) is 0.423. The van der Waals surface area contributed by atoms with Gasteiger partial charge in [0.1, 0.15) is 11.4 Å². The molecule has 3 aromatic rings. The Balaban J connectivity index is 1.47. The maximum absolute atomic E-state index is 13.7. The van der Waals surface area contributed by atoms with E-state index in [0.29, 0.717) is 16.9 Å². The van der Waals surface area contributed by atoms with E-state index in [1.807, 2.05) is 11.8 Å². The van der Waals surface area contributed by atoms with Crippen molar-refractivity contribution in [1.82, 2.24) is 19.0 Å². The van der Waals surface area contributed by atoms with Gasteiger partial charge < -0.3 is 18.9 Å².